The standard InChI is InChI=1S/C19H21NO3S/c1-11-7-8-12(2)13(9-11)10-16(21)20-18-17(19(22)23-3)14-5-4-6-15(14)24-18/h7-9H,4-6,10H2,1-3H3,(H,20,21). The first kappa shape index (κ1) is 16.7. The molecule has 1 aliphatic carbocycles. The van der Waals surface area contributed by atoms with Crippen LogP contribution in [0.4, 0.5) is 5.00 Å². The number of carbonyl (C=O) groups excluding carboxylic acids is 2. The molecule has 126 valence electrons. The quantitative estimate of drug-likeness (QED) is 0.859. The van der Waals surface area contributed by atoms with Crippen LogP contribution in [0.25, 0.3) is 0 Å². The van der Waals surface area contributed by atoms with Gasteiger partial charge in [-0.1, -0.05) is 23.8 Å². The van der Waals surface area contributed by atoms with Gasteiger partial charge in [0.15, 0.2) is 0 Å². The maximum atomic E-state index is 12.5. The molecular formula is C19H21NO3S. The van der Waals surface area contributed by atoms with E-state index in [1.54, 1.807) is 0 Å². The zero-order valence-corrected chi connectivity index (χ0v) is 15.0. The van der Waals surface area contributed by atoms with Gasteiger partial charge in [0.1, 0.15) is 5.00 Å². The Hall–Kier alpha value is -2.14. The number of aryl methyl sites for hydroxylation is 3. The summed E-state index contributed by atoms with van der Waals surface area (Å²) in [6, 6.07) is 6.10. The molecule has 2 aromatic rings. The molecule has 0 atom stereocenters. The van der Waals surface area contributed by atoms with Crippen molar-refractivity contribution < 1.29 is 14.3 Å². The lowest BCUT2D eigenvalue weighted by atomic mass is 10.0. The van der Waals surface area contributed by atoms with Crippen molar-refractivity contribution in [3.8, 4) is 0 Å². The number of fused-ring (bicyclic) bond motifs is 1. The number of ether oxygens (including phenoxy) is 1. The van der Waals surface area contributed by atoms with Crippen LogP contribution in [0.1, 0.15) is 43.9 Å². The number of hydrogen-bond donors (Lipinski definition) is 1. The minimum atomic E-state index is -0.364. The Kier molecular flexibility index (Phi) is 4.71. The monoisotopic (exact) mass is 343 g/mol. The van der Waals surface area contributed by atoms with Crippen molar-refractivity contribution >= 4 is 28.2 Å². The van der Waals surface area contributed by atoms with E-state index in [4.69, 9.17) is 4.74 Å². The Morgan fingerprint density at radius 2 is 2.04 bits per heavy atom. The predicted molar refractivity (Wildman–Crippen MR) is 95.9 cm³/mol. The van der Waals surface area contributed by atoms with Gasteiger partial charge in [0.05, 0.1) is 19.1 Å². The zero-order chi connectivity index (χ0) is 17.3. The topological polar surface area (TPSA) is 55.4 Å². The van der Waals surface area contributed by atoms with E-state index in [2.05, 4.69) is 5.32 Å². The molecule has 1 aromatic carbocycles. The van der Waals surface area contributed by atoms with Crippen LogP contribution < -0.4 is 5.32 Å². The van der Waals surface area contributed by atoms with Gasteiger partial charge in [0.25, 0.3) is 0 Å². The normalized spacial score (nSPS) is 12.8. The number of carbonyl (C=O) groups is 2. The summed E-state index contributed by atoms with van der Waals surface area (Å²) in [6.45, 7) is 4.02. The number of nitrogens with one attached hydrogen (secondary N) is 1. The van der Waals surface area contributed by atoms with Gasteiger partial charge >= 0.3 is 5.97 Å². The third-order valence-electron chi connectivity index (χ3n) is 4.42. The first-order chi connectivity index (χ1) is 11.5. The summed E-state index contributed by atoms with van der Waals surface area (Å²) in [5.74, 6) is -0.467. The van der Waals surface area contributed by atoms with E-state index in [0.717, 1.165) is 41.5 Å². The van der Waals surface area contributed by atoms with Crippen LogP contribution in [-0.2, 0) is 28.8 Å². The van der Waals surface area contributed by atoms with Gasteiger partial charge in [-0.25, -0.2) is 4.79 Å². The lowest BCUT2D eigenvalue weighted by molar-refractivity contribution is -0.115. The van der Waals surface area contributed by atoms with Gasteiger partial charge in [-0.15, -0.1) is 11.3 Å². The third-order valence-corrected chi connectivity index (χ3v) is 5.63. The fourth-order valence-electron chi connectivity index (χ4n) is 3.14. The van der Waals surface area contributed by atoms with E-state index in [1.165, 1.54) is 23.3 Å². The van der Waals surface area contributed by atoms with E-state index >= 15 is 0 Å². The molecule has 0 radical (unpaired) electrons. The number of rotatable bonds is 4. The molecular weight excluding hydrogens is 322 g/mol. The summed E-state index contributed by atoms with van der Waals surface area (Å²) in [6.07, 6.45) is 3.21. The van der Waals surface area contributed by atoms with Gasteiger partial charge < -0.3 is 10.1 Å². The second-order valence-corrected chi connectivity index (χ2v) is 7.31. The van der Waals surface area contributed by atoms with E-state index in [0.29, 0.717) is 17.0 Å². The molecule has 0 saturated heterocycles. The molecule has 0 aliphatic heterocycles. The summed E-state index contributed by atoms with van der Waals surface area (Å²) in [5, 5.41) is 3.56. The van der Waals surface area contributed by atoms with Crippen LogP contribution in [0.15, 0.2) is 18.2 Å². The van der Waals surface area contributed by atoms with Gasteiger partial charge in [-0.3, -0.25) is 4.79 Å². The molecule has 1 heterocycles. The van der Waals surface area contributed by atoms with Gasteiger partial charge in [-0.05, 0) is 49.8 Å². The minimum Gasteiger partial charge on any atom is -0.465 e. The third kappa shape index (κ3) is 3.22. The molecule has 1 amide bonds. The second kappa shape index (κ2) is 6.77. The highest BCUT2D eigenvalue weighted by atomic mass is 32.1. The van der Waals surface area contributed by atoms with Gasteiger partial charge in [0, 0.05) is 4.88 Å². The number of amides is 1. The van der Waals surface area contributed by atoms with Crippen molar-refractivity contribution in [2.24, 2.45) is 0 Å². The maximum absolute atomic E-state index is 12.5. The van der Waals surface area contributed by atoms with Crippen molar-refractivity contribution in [3.63, 3.8) is 0 Å². The van der Waals surface area contributed by atoms with E-state index < -0.39 is 0 Å². The Morgan fingerprint density at radius 3 is 2.79 bits per heavy atom. The first-order valence-corrected chi connectivity index (χ1v) is 8.90. The minimum absolute atomic E-state index is 0.103. The molecule has 5 heteroatoms. The van der Waals surface area contributed by atoms with Crippen LogP contribution in [0.3, 0.4) is 0 Å². The van der Waals surface area contributed by atoms with Crippen LogP contribution in [-0.4, -0.2) is 19.0 Å². The van der Waals surface area contributed by atoms with E-state index in [1.807, 2.05) is 32.0 Å². The average molecular weight is 343 g/mol. The number of methoxy groups -OCH3 is 1. The summed E-state index contributed by atoms with van der Waals surface area (Å²) < 4.78 is 4.91. The Morgan fingerprint density at radius 1 is 1.25 bits per heavy atom. The van der Waals surface area contributed by atoms with Crippen LogP contribution in [0.5, 0.6) is 0 Å². The van der Waals surface area contributed by atoms with Crippen molar-refractivity contribution in [1.29, 1.82) is 0 Å². The summed E-state index contributed by atoms with van der Waals surface area (Å²) in [7, 11) is 1.38. The highest BCUT2D eigenvalue weighted by Gasteiger charge is 2.28. The van der Waals surface area contributed by atoms with E-state index in [9.17, 15) is 9.59 Å². The molecule has 24 heavy (non-hydrogen) atoms. The largest absolute Gasteiger partial charge is 0.465 e. The number of hydrogen-bond acceptors (Lipinski definition) is 4. The van der Waals surface area contributed by atoms with Crippen molar-refractivity contribution in [3.05, 3.63) is 50.9 Å². The summed E-state index contributed by atoms with van der Waals surface area (Å²) in [4.78, 5) is 25.8. The maximum Gasteiger partial charge on any atom is 0.341 e. The summed E-state index contributed by atoms with van der Waals surface area (Å²) >= 11 is 1.51. The molecule has 1 aromatic heterocycles. The molecule has 0 bridgehead atoms. The lowest BCUT2D eigenvalue weighted by Crippen LogP contribution is -2.17. The zero-order valence-electron chi connectivity index (χ0n) is 14.2. The van der Waals surface area contributed by atoms with Crippen molar-refractivity contribution in [2.75, 3.05) is 12.4 Å². The van der Waals surface area contributed by atoms with Gasteiger partial charge in [0.2, 0.25) is 5.91 Å². The highest BCUT2D eigenvalue weighted by Crippen LogP contribution is 2.39. The van der Waals surface area contributed by atoms with Crippen molar-refractivity contribution in [1.82, 2.24) is 0 Å². The SMILES string of the molecule is COC(=O)c1c(NC(=O)Cc2cc(C)ccc2C)sc2c1CCC2. The fraction of sp³-hybridized carbons (Fsp3) is 0.368. The summed E-state index contributed by atoms with van der Waals surface area (Å²) in [5.41, 5.74) is 4.83. The Bertz CT molecular complexity index is 807. The molecule has 0 spiro atoms. The smallest absolute Gasteiger partial charge is 0.341 e. The number of thiophene rings is 1. The van der Waals surface area contributed by atoms with Crippen molar-refractivity contribution in [2.45, 2.75) is 39.5 Å². The first-order valence-electron chi connectivity index (χ1n) is 8.08. The second-order valence-electron chi connectivity index (χ2n) is 6.21. The molecule has 0 saturated carbocycles. The average Bonchev–Trinajstić information content (AvgIpc) is 3.10. The molecule has 4 nitrogen and oxygen atoms in total. The Labute approximate surface area is 145 Å². The molecule has 1 N–H and O–H groups in total. The van der Waals surface area contributed by atoms with Crippen LogP contribution >= 0.6 is 11.3 Å². The molecule has 0 fully saturated rings. The van der Waals surface area contributed by atoms with E-state index in [-0.39, 0.29) is 11.9 Å². The number of anilines is 1. The predicted octanol–water partition coefficient (Wildman–Crippen LogP) is 3.82. The van der Waals surface area contributed by atoms with Gasteiger partial charge in [-0.2, -0.15) is 0 Å². The molecule has 1 aliphatic rings. The molecule has 0 unspecified atom stereocenters. The lowest BCUT2D eigenvalue weighted by Gasteiger charge is -2.09. The highest BCUT2D eigenvalue weighted by molar-refractivity contribution is 7.17. The van der Waals surface area contributed by atoms with Crippen LogP contribution in [0.2, 0.25) is 0 Å². The number of esters is 1. The fourth-order valence-corrected chi connectivity index (χ4v) is 4.44. The molecule has 3 rings (SSSR count). The Balaban J connectivity index is 1.82. The van der Waals surface area contributed by atoms with Crippen LogP contribution in [0, 0.1) is 13.8 Å². The number of benzene rings is 1.